The topological polar surface area (TPSA) is 44.5 Å². The van der Waals surface area contributed by atoms with Crippen molar-refractivity contribution in [1.82, 2.24) is 0 Å². The first-order valence-corrected chi connectivity index (χ1v) is 8.81. The summed E-state index contributed by atoms with van der Waals surface area (Å²) in [5.74, 6) is 2.59. The van der Waals surface area contributed by atoms with Gasteiger partial charge in [-0.2, -0.15) is 0 Å². The first-order valence-electron chi connectivity index (χ1n) is 8.81. The Morgan fingerprint density at radius 2 is 1.76 bits per heavy atom. The first-order chi connectivity index (χ1) is 9.95. The van der Waals surface area contributed by atoms with Gasteiger partial charge in [-0.05, 0) is 55.3 Å². The van der Waals surface area contributed by atoms with Crippen molar-refractivity contribution in [3.63, 3.8) is 0 Å². The van der Waals surface area contributed by atoms with Crippen molar-refractivity contribution in [1.29, 1.82) is 0 Å². The summed E-state index contributed by atoms with van der Waals surface area (Å²) in [7, 11) is 0. The van der Waals surface area contributed by atoms with Gasteiger partial charge in [-0.1, -0.05) is 27.7 Å². The average molecular weight is 299 g/mol. The van der Waals surface area contributed by atoms with Gasteiger partial charge in [0.25, 0.3) is 0 Å². The highest BCUT2D eigenvalue weighted by Crippen LogP contribution is 2.46. The van der Waals surface area contributed by atoms with Gasteiger partial charge in [0, 0.05) is 13.2 Å². The summed E-state index contributed by atoms with van der Waals surface area (Å²) in [5.41, 5.74) is 5.85. The quantitative estimate of drug-likeness (QED) is 0.623. The molecule has 0 bridgehead atoms. The largest absolute Gasteiger partial charge is 0.379 e. The van der Waals surface area contributed by atoms with E-state index < -0.39 is 0 Å². The predicted molar refractivity (Wildman–Crippen MR) is 89.4 cm³/mol. The first kappa shape index (κ1) is 18.9. The SMILES string of the molecule is CC(C)CC1CC(C)CC(C)(CCOCCOCCN)C1. The van der Waals surface area contributed by atoms with Gasteiger partial charge >= 0.3 is 0 Å². The van der Waals surface area contributed by atoms with E-state index in [9.17, 15) is 0 Å². The molecule has 3 unspecified atom stereocenters. The fourth-order valence-corrected chi connectivity index (χ4v) is 4.13. The highest BCUT2D eigenvalue weighted by atomic mass is 16.5. The van der Waals surface area contributed by atoms with E-state index in [1.807, 2.05) is 0 Å². The molecule has 0 heterocycles. The van der Waals surface area contributed by atoms with Crippen molar-refractivity contribution < 1.29 is 9.47 Å². The second-order valence-electron chi connectivity index (χ2n) is 7.82. The van der Waals surface area contributed by atoms with Crippen LogP contribution in [0.25, 0.3) is 0 Å². The van der Waals surface area contributed by atoms with E-state index in [0.717, 1.165) is 24.4 Å². The van der Waals surface area contributed by atoms with E-state index in [4.69, 9.17) is 15.2 Å². The second kappa shape index (κ2) is 9.81. The molecular formula is C18H37NO2. The lowest BCUT2D eigenvalue weighted by Crippen LogP contribution is -2.32. The van der Waals surface area contributed by atoms with E-state index in [-0.39, 0.29) is 0 Å². The molecule has 2 N–H and O–H groups in total. The van der Waals surface area contributed by atoms with Crippen LogP contribution in [0.5, 0.6) is 0 Å². The van der Waals surface area contributed by atoms with Crippen LogP contribution in [0.3, 0.4) is 0 Å². The van der Waals surface area contributed by atoms with Crippen LogP contribution >= 0.6 is 0 Å². The minimum Gasteiger partial charge on any atom is -0.379 e. The van der Waals surface area contributed by atoms with E-state index in [1.54, 1.807) is 0 Å². The van der Waals surface area contributed by atoms with Crippen molar-refractivity contribution in [2.75, 3.05) is 33.0 Å². The van der Waals surface area contributed by atoms with E-state index >= 15 is 0 Å². The second-order valence-corrected chi connectivity index (χ2v) is 7.82. The Balaban J connectivity index is 2.24. The molecule has 1 aliphatic rings. The summed E-state index contributed by atoms with van der Waals surface area (Å²) in [4.78, 5) is 0. The van der Waals surface area contributed by atoms with Gasteiger partial charge in [0.2, 0.25) is 0 Å². The maximum Gasteiger partial charge on any atom is 0.0701 e. The summed E-state index contributed by atoms with van der Waals surface area (Å²) < 4.78 is 11.1. The van der Waals surface area contributed by atoms with Crippen molar-refractivity contribution in [3.8, 4) is 0 Å². The molecule has 1 rings (SSSR count). The fourth-order valence-electron chi connectivity index (χ4n) is 4.13. The number of nitrogens with two attached hydrogens (primary N) is 1. The molecule has 0 amide bonds. The molecule has 3 heteroatoms. The predicted octanol–water partition coefficient (Wildman–Crippen LogP) is 3.86. The molecule has 0 aromatic heterocycles. The maximum absolute atomic E-state index is 5.73. The van der Waals surface area contributed by atoms with Gasteiger partial charge in [0.1, 0.15) is 0 Å². The monoisotopic (exact) mass is 299 g/mol. The van der Waals surface area contributed by atoms with Crippen LogP contribution in [0, 0.1) is 23.2 Å². The Bertz CT molecular complexity index is 268. The summed E-state index contributed by atoms with van der Waals surface area (Å²) in [6, 6.07) is 0. The van der Waals surface area contributed by atoms with Gasteiger partial charge in [-0.25, -0.2) is 0 Å². The van der Waals surface area contributed by atoms with E-state index in [1.165, 1.54) is 32.1 Å². The van der Waals surface area contributed by atoms with Crippen LogP contribution in [0.15, 0.2) is 0 Å². The highest BCUT2D eigenvalue weighted by Gasteiger charge is 2.35. The molecule has 3 nitrogen and oxygen atoms in total. The average Bonchev–Trinajstić information content (AvgIpc) is 2.35. The zero-order valence-electron chi connectivity index (χ0n) is 14.7. The van der Waals surface area contributed by atoms with Gasteiger partial charge in [-0.3, -0.25) is 0 Å². The Hall–Kier alpha value is -0.120. The molecule has 0 saturated heterocycles. The van der Waals surface area contributed by atoms with Crippen LogP contribution in [0.2, 0.25) is 0 Å². The Labute approximate surface area is 132 Å². The van der Waals surface area contributed by atoms with Crippen molar-refractivity contribution in [2.45, 2.75) is 59.8 Å². The molecule has 1 aliphatic carbocycles. The third-order valence-corrected chi connectivity index (χ3v) is 4.65. The molecule has 0 radical (unpaired) electrons. The Morgan fingerprint density at radius 3 is 2.38 bits per heavy atom. The smallest absolute Gasteiger partial charge is 0.0701 e. The number of hydrogen-bond donors (Lipinski definition) is 1. The third kappa shape index (κ3) is 8.18. The number of rotatable bonds is 10. The van der Waals surface area contributed by atoms with E-state index in [0.29, 0.717) is 31.8 Å². The minimum atomic E-state index is 0.468. The lowest BCUT2D eigenvalue weighted by molar-refractivity contribution is 0.0196. The molecule has 1 saturated carbocycles. The molecule has 1 fully saturated rings. The van der Waals surface area contributed by atoms with Crippen molar-refractivity contribution in [2.24, 2.45) is 28.9 Å². The molecule has 3 atom stereocenters. The van der Waals surface area contributed by atoms with E-state index in [2.05, 4.69) is 27.7 Å². The number of hydrogen-bond acceptors (Lipinski definition) is 3. The van der Waals surface area contributed by atoms with Crippen molar-refractivity contribution in [3.05, 3.63) is 0 Å². The molecule has 0 aromatic rings. The van der Waals surface area contributed by atoms with Crippen LogP contribution < -0.4 is 5.73 Å². The van der Waals surface area contributed by atoms with Crippen LogP contribution in [0.4, 0.5) is 0 Å². The summed E-state index contributed by atoms with van der Waals surface area (Å²) in [6.45, 7) is 13.0. The van der Waals surface area contributed by atoms with Gasteiger partial charge in [0.05, 0.1) is 19.8 Å². The normalized spacial score (nSPS) is 30.0. The lowest BCUT2D eigenvalue weighted by atomic mass is 9.64. The molecule has 21 heavy (non-hydrogen) atoms. The third-order valence-electron chi connectivity index (χ3n) is 4.65. The standard InChI is InChI=1S/C18H37NO2/c1-15(2)11-17-12-16(3)13-18(4,14-17)5-7-20-9-10-21-8-6-19/h15-17H,5-14,19H2,1-4H3. The molecule has 126 valence electrons. The highest BCUT2D eigenvalue weighted by molar-refractivity contribution is 4.86. The van der Waals surface area contributed by atoms with Crippen LogP contribution in [-0.4, -0.2) is 33.0 Å². The molecular weight excluding hydrogens is 262 g/mol. The summed E-state index contributed by atoms with van der Waals surface area (Å²) in [5, 5.41) is 0. The van der Waals surface area contributed by atoms with Crippen molar-refractivity contribution >= 4 is 0 Å². The van der Waals surface area contributed by atoms with Crippen LogP contribution in [-0.2, 0) is 9.47 Å². The van der Waals surface area contributed by atoms with Crippen LogP contribution in [0.1, 0.15) is 59.8 Å². The van der Waals surface area contributed by atoms with Gasteiger partial charge in [-0.15, -0.1) is 0 Å². The van der Waals surface area contributed by atoms with Gasteiger partial charge in [0.15, 0.2) is 0 Å². The fraction of sp³-hybridized carbons (Fsp3) is 1.00. The number of ether oxygens (including phenoxy) is 2. The zero-order chi connectivity index (χ0) is 15.7. The Kier molecular flexibility index (Phi) is 8.84. The molecule has 0 aliphatic heterocycles. The zero-order valence-corrected chi connectivity index (χ0v) is 14.7. The lowest BCUT2D eigenvalue weighted by Gasteiger charge is -2.42. The Morgan fingerprint density at radius 1 is 1.10 bits per heavy atom. The summed E-state index contributed by atoms with van der Waals surface area (Å²) in [6.07, 6.45) is 6.72. The molecule has 0 aromatic carbocycles. The minimum absolute atomic E-state index is 0.468. The van der Waals surface area contributed by atoms with Gasteiger partial charge < -0.3 is 15.2 Å². The molecule has 0 spiro atoms. The summed E-state index contributed by atoms with van der Waals surface area (Å²) >= 11 is 0. The maximum atomic E-state index is 5.73.